The van der Waals surface area contributed by atoms with Gasteiger partial charge in [-0.15, -0.1) is 0 Å². The van der Waals surface area contributed by atoms with Crippen molar-refractivity contribution in [2.75, 3.05) is 5.73 Å². The molecule has 0 radical (unpaired) electrons. The molecule has 1 rings (SSSR count). The average molecular weight is 265 g/mol. The van der Waals surface area contributed by atoms with Gasteiger partial charge in [0.15, 0.2) is 0 Å². The Morgan fingerprint density at radius 3 is 2.39 bits per heavy atom. The van der Waals surface area contributed by atoms with Crippen LogP contribution in [0.5, 0.6) is 0 Å². The number of aryl methyl sites for hydroxylation is 1. The summed E-state index contributed by atoms with van der Waals surface area (Å²) in [6.45, 7) is 9.03. The number of nitrogen functional groups attached to an aromatic ring is 1. The van der Waals surface area contributed by atoms with E-state index in [2.05, 4.69) is 33.0 Å². The fourth-order valence-corrected chi connectivity index (χ4v) is 5.94. The van der Waals surface area contributed by atoms with Crippen LogP contribution in [0.25, 0.3) is 0 Å². The Morgan fingerprint density at radius 2 is 1.83 bits per heavy atom. The van der Waals surface area contributed by atoms with E-state index in [1.807, 2.05) is 18.2 Å². The molecule has 0 bridgehead atoms. The van der Waals surface area contributed by atoms with Gasteiger partial charge in [0.25, 0.3) is 0 Å². The summed E-state index contributed by atoms with van der Waals surface area (Å²) in [5.41, 5.74) is 7.79. The highest BCUT2D eigenvalue weighted by Crippen LogP contribution is 2.24. The molecule has 102 valence electrons. The van der Waals surface area contributed by atoms with E-state index in [0.29, 0.717) is 5.92 Å². The quantitative estimate of drug-likeness (QED) is 0.611. The molecule has 0 saturated heterocycles. The van der Waals surface area contributed by atoms with Crippen LogP contribution in [0.4, 0.5) is 5.69 Å². The van der Waals surface area contributed by atoms with Crippen molar-refractivity contribution in [1.82, 2.24) is 0 Å². The fraction of sp³-hybridized carbons (Fsp3) is 0.600. The molecular formula is C15H27NOSi. The number of nitrogens with two attached hydrogens (primary N) is 1. The van der Waals surface area contributed by atoms with Crippen LogP contribution >= 0.6 is 0 Å². The predicted molar refractivity (Wildman–Crippen MR) is 82.3 cm³/mol. The normalized spacial score (nSPS) is 13.9. The third-order valence-corrected chi connectivity index (χ3v) is 7.54. The van der Waals surface area contributed by atoms with Gasteiger partial charge in [-0.2, -0.15) is 0 Å². The molecule has 1 unspecified atom stereocenters. The Morgan fingerprint density at radius 1 is 1.22 bits per heavy atom. The van der Waals surface area contributed by atoms with Crippen molar-refractivity contribution in [3.05, 3.63) is 29.8 Å². The maximum Gasteiger partial charge on any atom is 0.0814 e. The summed E-state index contributed by atoms with van der Waals surface area (Å²) < 4.78 is 0. The average Bonchev–Trinajstić information content (AvgIpc) is 2.25. The van der Waals surface area contributed by atoms with Crippen LogP contribution in [0.15, 0.2) is 24.3 Å². The van der Waals surface area contributed by atoms with Crippen molar-refractivity contribution in [2.24, 2.45) is 5.92 Å². The van der Waals surface area contributed by atoms with Gasteiger partial charge >= 0.3 is 0 Å². The minimum absolute atomic E-state index is 0.139. The van der Waals surface area contributed by atoms with Crippen LogP contribution in [0.2, 0.25) is 19.1 Å². The molecule has 0 fully saturated rings. The van der Waals surface area contributed by atoms with E-state index in [4.69, 9.17) is 5.73 Å². The maximum atomic E-state index is 10.4. The van der Waals surface area contributed by atoms with E-state index in [9.17, 15) is 5.11 Å². The van der Waals surface area contributed by atoms with Gasteiger partial charge in [-0.1, -0.05) is 51.2 Å². The van der Waals surface area contributed by atoms with E-state index in [1.54, 1.807) is 0 Å². The van der Waals surface area contributed by atoms with Gasteiger partial charge in [0, 0.05) is 11.4 Å². The molecule has 2 nitrogen and oxygen atoms in total. The number of rotatable bonds is 6. The second kappa shape index (κ2) is 6.39. The minimum Gasteiger partial charge on any atom is -0.399 e. The molecule has 0 aliphatic carbocycles. The summed E-state index contributed by atoms with van der Waals surface area (Å²) in [7, 11) is -1.53. The third kappa shape index (κ3) is 4.46. The monoisotopic (exact) mass is 265 g/mol. The smallest absolute Gasteiger partial charge is 0.0814 e. The summed E-state index contributed by atoms with van der Waals surface area (Å²) in [6.07, 6.45) is 1.71. The molecule has 3 heteroatoms. The van der Waals surface area contributed by atoms with Gasteiger partial charge in [-0.05, 0) is 30.4 Å². The molecule has 0 saturated carbocycles. The van der Waals surface area contributed by atoms with E-state index in [1.165, 1.54) is 6.04 Å². The number of para-hydroxylation sites is 1. The second-order valence-electron chi connectivity index (χ2n) is 6.34. The van der Waals surface area contributed by atoms with E-state index >= 15 is 0 Å². The summed E-state index contributed by atoms with van der Waals surface area (Å²) in [5, 5.41) is 10.4. The first-order valence-corrected chi connectivity index (χ1v) is 10.1. The van der Waals surface area contributed by atoms with Crippen LogP contribution in [0, 0.1) is 5.92 Å². The van der Waals surface area contributed by atoms with Crippen LogP contribution < -0.4 is 5.73 Å². The maximum absolute atomic E-state index is 10.4. The fourth-order valence-electron chi connectivity index (χ4n) is 2.63. The zero-order valence-corrected chi connectivity index (χ0v) is 13.1. The van der Waals surface area contributed by atoms with Gasteiger partial charge in [0.1, 0.15) is 0 Å². The number of benzene rings is 1. The van der Waals surface area contributed by atoms with Crippen molar-refractivity contribution in [3.8, 4) is 0 Å². The first-order valence-electron chi connectivity index (χ1n) is 6.84. The first kappa shape index (κ1) is 15.3. The Balaban J connectivity index is 2.55. The van der Waals surface area contributed by atoms with Crippen LogP contribution in [-0.2, 0) is 6.42 Å². The summed E-state index contributed by atoms with van der Waals surface area (Å²) in [5.74, 6) is 0.670. The largest absolute Gasteiger partial charge is 0.399 e. The third-order valence-electron chi connectivity index (χ3n) is 3.58. The lowest BCUT2D eigenvalue weighted by atomic mass is 10.1. The highest BCUT2D eigenvalue weighted by molar-refractivity contribution is 6.78. The van der Waals surface area contributed by atoms with Crippen molar-refractivity contribution in [1.29, 1.82) is 0 Å². The van der Waals surface area contributed by atoms with Gasteiger partial charge in [-0.3, -0.25) is 0 Å². The Kier molecular flexibility index (Phi) is 5.41. The molecule has 0 aromatic heterocycles. The SMILES string of the molecule is CC(C)C[Si](C)(C)C(O)CCc1ccccc1N. The lowest BCUT2D eigenvalue weighted by molar-refractivity contribution is 0.231. The standard InChI is InChI=1S/C15H27NOSi/c1-12(2)11-18(3,4)15(17)10-9-13-7-5-6-8-14(13)16/h5-8,12,15,17H,9-11,16H2,1-4H3. The van der Waals surface area contributed by atoms with Crippen LogP contribution in [0.1, 0.15) is 25.8 Å². The van der Waals surface area contributed by atoms with E-state index in [0.717, 1.165) is 24.1 Å². The summed E-state index contributed by atoms with van der Waals surface area (Å²) in [4.78, 5) is 0. The van der Waals surface area contributed by atoms with Gasteiger partial charge in [0.05, 0.1) is 8.07 Å². The molecule has 1 atom stereocenters. The van der Waals surface area contributed by atoms with Gasteiger partial charge < -0.3 is 10.8 Å². The van der Waals surface area contributed by atoms with Crippen molar-refractivity contribution >= 4 is 13.8 Å². The molecule has 0 aliphatic rings. The molecular weight excluding hydrogens is 238 g/mol. The molecule has 3 N–H and O–H groups in total. The highest BCUT2D eigenvalue weighted by atomic mass is 28.3. The van der Waals surface area contributed by atoms with Gasteiger partial charge in [0.2, 0.25) is 0 Å². The number of hydrogen-bond donors (Lipinski definition) is 2. The topological polar surface area (TPSA) is 46.2 Å². The second-order valence-corrected chi connectivity index (χ2v) is 11.4. The van der Waals surface area contributed by atoms with Crippen molar-refractivity contribution in [3.63, 3.8) is 0 Å². The number of hydrogen-bond acceptors (Lipinski definition) is 2. The van der Waals surface area contributed by atoms with E-state index in [-0.39, 0.29) is 5.73 Å². The van der Waals surface area contributed by atoms with Crippen molar-refractivity contribution < 1.29 is 5.11 Å². The summed E-state index contributed by atoms with van der Waals surface area (Å²) in [6, 6.07) is 9.12. The minimum atomic E-state index is -1.53. The molecule has 18 heavy (non-hydrogen) atoms. The van der Waals surface area contributed by atoms with Crippen molar-refractivity contribution in [2.45, 2.75) is 51.6 Å². The van der Waals surface area contributed by atoms with Gasteiger partial charge in [-0.25, -0.2) is 0 Å². The molecule has 0 spiro atoms. The lowest BCUT2D eigenvalue weighted by Crippen LogP contribution is -2.42. The van der Waals surface area contributed by atoms with Crippen LogP contribution in [0.3, 0.4) is 0 Å². The number of aliphatic hydroxyl groups is 1. The Hall–Kier alpha value is -0.803. The zero-order valence-electron chi connectivity index (χ0n) is 12.1. The van der Waals surface area contributed by atoms with E-state index < -0.39 is 8.07 Å². The first-order chi connectivity index (χ1) is 8.33. The molecule has 1 aromatic carbocycles. The Labute approximate surface area is 112 Å². The molecule has 0 amide bonds. The predicted octanol–water partition coefficient (Wildman–Crippen LogP) is 3.47. The number of anilines is 1. The summed E-state index contributed by atoms with van der Waals surface area (Å²) >= 11 is 0. The lowest BCUT2D eigenvalue weighted by Gasteiger charge is -2.30. The van der Waals surface area contributed by atoms with Crippen LogP contribution in [-0.4, -0.2) is 18.9 Å². The highest BCUT2D eigenvalue weighted by Gasteiger charge is 2.30. The molecule has 0 heterocycles. The molecule has 1 aromatic rings. The number of aliphatic hydroxyl groups excluding tert-OH is 1. The zero-order chi connectivity index (χ0) is 13.8. The molecule has 0 aliphatic heterocycles. The Bertz CT molecular complexity index is 377.